The molecule has 0 atom stereocenters. The number of nitriles is 1. The van der Waals surface area contributed by atoms with E-state index >= 15 is 0 Å². The van der Waals surface area contributed by atoms with Crippen molar-refractivity contribution in [1.82, 2.24) is 0 Å². The molecule has 1 nitrogen and oxygen atoms in total. The fraction of sp³-hybridized carbons (Fsp3) is 0. The molecule has 1 aromatic rings. The van der Waals surface area contributed by atoms with Crippen LogP contribution >= 0.6 is 11.3 Å². The van der Waals surface area contributed by atoms with Crippen molar-refractivity contribution < 1.29 is 64.3 Å². The minimum atomic E-state index is -4.92. The maximum atomic E-state index is 11.9. The van der Waals surface area contributed by atoms with E-state index in [1.807, 2.05) is 0 Å². The van der Waals surface area contributed by atoms with Crippen LogP contribution in [0.5, 0.6) is 0 Å². The minimum Gasteiger partial charge on any atom is -0.444 e. The van der Waals surface area contributed by atoms with Crippen molar-refractivity contribution in [2.45, 2.75) is 0 Å². The Bertz CT molecular complexity index is 302. The van der Waals surface area contributed by atoms with Gasteiger partial charge < -0.3 is 12.9 Å². The Kier molecular flexibility index (Phi) is 5.06. The molecule has 0 radical (unpaired) electrons. The Morgan fingerprint density at radius 3 is 2.25 bits per heavy atom. The average Bonchev–Trinajstić information content (AvgIpc) is 2.32. The molecule has 0 aliphatic rings. The summed E-state index contributed by atoms with van der Waals surface area (Å²) in [5, 5.41) is 9.41. The van der Waals surface area contributed by atoms with Gasteiger partial charge >= 0.3 is 58.4 Å². The van der Waals surface area contributed by atoms with Gasteiger partial charge in [0, 0.05) is 5.38 Å². The summed E-state index contributed by atoms with van der Waals surface area (Å²) in [6.07, 6.45) is 0. The first kappa shape index (κ1) is 12.7. The third-order valence-corrected chi connectivity index (χ3v) is 2.10. The molecule has 0 aliphatic heterocycles. The van der Waals surface area contributed by atoms with Gasteiger partial charge in [-0.25, -0.2) is 0 Å². The van der Waals surface area contributed by atoms with Crippen LogP contribution in [0.4, 0.5) is 12.9 Å². The van der Waals surface area contributed by atoms with E-state index in [1.54, 1.807) is 6.07 Å². The van der Waals surface area contributed by atoms with Crippen LogP contribution in [-0.4, -0.2) is 6.98 Å². The average molecular weight is 215 g/mol. The van der Waals surface area contributed by atoms with Crippen LogP contribution in [0.2, 0.25) is 0 Å². The Morgan fingerprint density at radius 2 is 2.00 bits per heavy atom. The summed E-state index contributed by atoms with van der Waals surface area (Å²) in [5.41, 5.74) is 0.0733. The molecule has 0 N–H and O–H groups in total. The number of hydrogen-bond acceptors (Lipinski definition) is 2. The molecule has 0 saturated heterocycles. The third kappa shape index (κ3) is 3.20. The summed E-state index contributed by atoms with van der Waals surface area (Å²) in [7, 11) is 0. The first-order valence-corrected chi connectivity index (χ1v) is 3.60. The van der Waals surface area contributed by atoms with E-state index < -0.39 is 11.8 Å². The zero-order chi connectivity index (χ0) is 8.48. The molecular weight excluding hydrogens is 213 g/mol. The van der Waals surface area contributed by atoms with E-state index in [1.165, 1.54) is 5.38 Å². The number of rotatable bonds is 1. The minimum absolute atomic E-state index is 0. The van der Waals surface area contributed by atoms with Crippen molar-refractivity contribution in [3.05, 3.63) is 17.0 Å². The second-order valence-corrected chi connectivity index (χ2v) is 2.87. The van der Waals surface area contributed by atoms with Gasteiger partial charge in [-0.15, -0.1) is 0 Å². The third-order valence-electron chi connectivity index (χ3n) is 1.07. The van der Waals surface area contributed by atoms with E-state index in [0.717, 1.165) is 6.07 Å². The van der Waals surface area contributed by atoms with Gasteiger partial charge in [-0.1, -0.05) is 10.8 Å². The molecule has 0 amide bonds. The molecule has 12 heavy (non-hydrogen) atoms. The quantitative estimate of drug-likeness (QED) is 0.533. The number of nitrogens with zero attached hydrogens (tertiary/aromatic N) is 1. The maximum absolute atomic E-state index is 11.9. The largest absolute Gasteiger partial charge is 1.00 e. The van der Waals surface area contributed by atoms with Gasteiger partial charge in [0.25, 0.3) is 0 Å². The zero-order valence-electron chi connectivity index (χ0n) is 6.22. The van der Waals surface area contributed by atoms with Gasteiger partial charge in [0.15, 0.2) is 0 Å². The molecule has 0 spiro atoms. The molecule has 0 aliphatic carbocycles. The molecule has 0 aromatic carbocycles. The van der Waals surface area contributed by atoms with E-state index in [4.69, 9.17) is 5.26 Å². The SMILES string of the molecule is N#Cc1csc([B-](F)(F)F)c1.[K+]. The summed E-state index contributed by atoms with van der Waals surface area (Å²) in [6.45, 7) is -4.92. The van der Waals surface area contributed by atoms with Crippen LogP contribution in [0.3, 0.4) is 0 Å². The van der Waals surface area contributed by atoms with Gasteiger partial charge in [0.2, 0.25) is 0 Å². The fourth-order valence-corrected chi connectivity index (χ4v) is 1.32. The van der Waals surface area contributed by atoms with Crippen molar-refractivity contribution in [2.75, 3.05) is 0 Å². The summed E-state index contributed by atoms with van der Waals surface area (Å²) in [6, 6.07) is 2.51. The molecule has 0 fully saturated rings. The molecular formula is C5H2BF3KNS. The van der Waals surface area contributed by atoms with Crippen LogP contribution in [-0.2, 0) is 0 Å². The number of thiophene rings is 1. The van der Waals surface area contributed by atoms with Crippen molar-refractivity contribution in [2.24, 2.45) is 0 Å². The zero-order valence-corrected chi connectivity index (χ0v) is 10.2. The molecule has 0 unspecified atom stereocenters. The molecule has 1 aromatic heterocycles. The Morgan fingerprint density at radius 1 is 1.42 bits per heavy atom. The summed E-state index contributed by atoms with van der Waals surface area (Å²) in [5.74, 6) is 0. The summed E-state index contributed by atoms with van der Waals surface area (Å²) < 4.78 is 35.0. The fourth-order valence-electron chi connectivity index (χ4n) is 0.583. The molecule has 0 bridgehead atoms. The smallest absolute Gasteiger partial charge is 0.444 e. The molecule has 7 heteroatoms. The van der Waals surface area contributed by atoms with Crippen LogP contribution in [0.1, 0.15) is 5.56 Å². The normalized spacial score (nSPS) is 10.2. The van der Waals surface area contributed by atoms with E-state index in [9.17, 15) is 12.9 Å². The van der Waals surface area contributed by atoms with Gasteiger partial charge in [0.1, 0.15) is 0 Å². The van der Waals surface area contributed by atoms with Gasteiger partial charge in [0.05, 0.1) is 11.6 Å². The monoisotopic (exact) mass is 215 g/mol. The first-order valence-electron chi connectivity index (χ1n) is 2.72. The molecule has 1 rings (SSSR count). The standard InChI is InChI=1S/C5H2BF3NS.K/c7-6(8,9)5-1-4(2-10)3-11-5;/h1,3H;/q-1;+1. The van der Waals surface area contributed by atoms with E-state index in [-0.39, 0.29) is 56.9 Å². The van der Waals surface area contributed by atoms with Crippen LogP contribution in [0.15, 0.2) is 11.4 Å². The Labute approximate surface area is 114 Å². The van der Waals surface area contributed by atoms with Crippen molar-refractivity contribution in [3.8, 4) is 6.07 Å². The molecule has 58 valence electrons. The van der Waals surface area contributed by atoms with Crippen molar-refractivity contribution >= 4 is 23.1 Å². The second kappa shape index (κ2) is 4.79. The second-order valence-electron chi connectivity index (χ2n) is 1.92. The Balaban J connectivity index is 0.00000121. The Hall–Kier alpha value is 0.681. The predicted octanol–water partition coefficient (Wildman–Crippen LogP) is -1.32. The predicted molar refractivity (Wildman–Crippen MR) is 37.7 cm³/mol. The van der Waals surface area contributed by atoms with E-state index in [0.29, 0.717) is 11.3 Å². The topological polar surface area (TPSA) is 23.8 Å². The van der Waals surface area contributed by atoms with Crippen LogP contribution in [0.25, 0.3) is 0 Å². The van der Waals surface area contributed by atoms with Gasteiger partial charge in [-0.3, -0.25) is 0 Å². The van der Waals surface area contributed by atoms with Crippen LogP contribution in [0, 0.1) is 11.3 Å². The van der Waals surface area contributed by atoms with Crippen molar-refractivity contribution in [1.29, 1.82) is 5.26 Å². The summed E-state index contributed by atoms with van der Waals surface area (Å²) >= 11 is 0.561. The van der Waals surface area contributed by atoms with E-state index in [2.05, 4.69) is 0 Å². The molecule has 1 heterocycles. The number of hydrogen-bond donors (Lipinski definition) is 0. The number of halogens is 3. The molecule has 0 saturated carbocycles. The first-order chi connectivity index (χ1) is 5.04. The van der Waals surface area contributed by atoms with Crippen molar-refractivity contribution in [3.63, 3.8) is 0 Å². The van der Waals surface area contributed by atoms with Gasteiger partial charge in [-0.05, 0) is 0 Å². The maximum Gasteiger partial charge on any atom is 1.00 e. The van der Waals surface area contributed by atoms with Crippen LogP contribution < -0.4 is 56.2 Å². The van der Waals surface area contributed by atoms with Gasteiger partial charge in [-0.2, -0.15) is 16.6 Å². The summed E-state index contributed by atoms with van der Waals surface area (Å²) in [4.78, 5) is 0.